The molecule has 0 fully saturated rings. The highest BCUT2D eigenvalue weighted by Crippen LogP contribution is 2.60. The molecule has 18 heteroatoms. The Morgan fingerprint density at radius 1 is 0.674 bits per heavy atom. The Bertz CT molecular complexity index is 1460. The Hall–Kier alpha value is -2.28. The van der Waals surface area contributed by atoms with Crippen molar-refractivity contribution in [3.05, 3.63) is 65.7 Å². The summed E-state index contributed by atoms with van der Waals surface area (Å²) in [5, 5.41) is 8.16. The predicted molar refractivity (Wildman–Crippen MR) is 181 cm³/mol. The zero-order chi connectivity index (χ0) is 34.1. The van der Waals surface area contributed by atoms with Crippen LogP contribution in [-0.2, 0) is 40.8 Å². The van der Waals surface area contributed by atoms with Crippen LogP contribution in [-0.4, -0.2) is 50.5 Å². The van der Waals surface area contributed by atoms with E-state index in [1.54, 1.807) is 102 Å². The molecule has 2 aromatic rings. The van der Waals surface area contributed by atoms with Crippen molar-refractivity contribution in [2.45, 2.75) is 41.5 Å². The minimum absolute atomic E-state index is 0.0716. The van der Waals surface area contributed by atoms with Crippen LogP contribution in [0.1, 0.15) is 52.7 Å². The molecule has 0 aliphatic heterocycles. The highest BCUT2D eigenvalue weighted by molar-refractivity contribution is 8.62. The van der Waals surface area contributed by atoms with Gasteiger partial charge >= 0.3 is 22.4 Å². The largest absolute Gasteiger partial charge is 0.530 e. The lowest BCUT2D eigenvalue weighted by molar-refractivity contribution is 0.166. The van der Waals surface area contributed by atoms with Gasteiger partial charge in [-0.25, -0.2) is 13.7 Å². The van der Waals surface area contributed by atoms with Crippen LogP contribution in [0.5, 0.6) is 11.5 Å². The maximum atomic E-state index is 13.3. The quantitative estimate of drug-likeness (QED) is 0.0563. The van der Waals surface area contributed by atoms with E-state index >= 15 is 0 Å². The number of hydrogen-bond acceptors (Lipinski definition) is 14. The van der Waals surface area contributed by atoms with Crippen LogP contribution in [0, 0.1) is 0 Å². The van der Waals surface area contributed by atoms with Crippen LogP contribution >= 0.6 is 33.8 Å². The number of rotatable bonds is 21. The van der Waals surface area contributed by atoms with Gasteiger partial charge in [0.1, 0.15) is 11.5 Å². The number of phosphoric acid groups is 2. The summed E-state index contributed by atoms with van der Waals surface area (Å²) in [6.07, 6.45) is 3.16. The molecule has 0 saturated carbocycles. The first-order valence-corrected chi connectivity index (χ1v) is 20.4. The fraction of sp³-hybridized carbons (Fsp3) is 0.429. The van der Waals surface area contributed by atoms with Crippen LogP contribution in [0.2, 0.25) is 0 Å². The molecule has 0 atom stereocenters. The van der Waals surface area contributed by atoms with Crippen molar-refractivity contribution in [2.24, 2.45) is 15.9 Å². The number of allylic oxidation sites excluding steroid dienone is 1. The number of phosphoric ester groups is 2. The van der Waals surface area contributed by atoms with E-state index in [-0.39, 0.29) is 62.0 Å². The second-order valence-corrected chi connectivity index (χ2v) is 15.5. The van der Waals surface area contributed by atoms with Gasteiger partial charge < -0.3 is 23.8 Å². The van der Waals surface area contributed by atoms with Crippen molar-refractivity contribution in [1.29, 1.82) is 0 Å². The van der Waals surface area contributed by atoms with Crippen molar-refractivity contribution in [2.75, 3.05) is 39.6 Å². The van der Waals surface area contributed by atoms with Gasteiger partial charge in [-0.2, -0.15) is 0 Å². The van der Waals surface area contributed by atoms with Gasteiger partial charge in [0.15, 0.2) is 5.17 Å². The average molecular weight is 722 g/mol. The second kappa shape index (κ2) is 20.2. The Labute approximate surface area is 274 Å². The number of amidine groups is 1. The molecule has 0 amide bonds. The van der Waals surface area contributed by atoms with E-state index in [0.29, 0.717) is 22.5 Å². The van der Waals surface area contributed by atoms with Crippen LogP contribution in [0.3, 0.4) is 0 Å². The van der Waals surface area contributed by atoms with Crippen molar-refractivity contribution in [3.8, 4) is 11.5 Å². The third-order valence-corrected chi connectivity index (χ3v) is 11.8. The third kappa shape index (κ3) is 13.1. The van der Waals surface area contributed by atoms with Gasteiger partial charge in [0.2, 0.25) is 0 Å². The molecule has 0 aromatic heterocycles. The van der Waals surface area contributed by atoms with E-state index in [2.05, 4.69) is 10.2 Å². The first-order valence-electron chi connectivity index (χ1n) is 14.5. The SMILES string of the molecule is CCOP(=O)(OCC)Oc1ccccc1/C=C/C(=N\N=C(/N)SP(=O)(OCC)OCC)c1ccccc1OP(=O)(OCC)OCC. The van der Waals surface area contributed by atoms with Crippen molar-refractivity contribution in [1.82, 2.24) is 0 Å². The molecule has 0 bridgehead atoms. The van der Waals surface area contributed by atoms with Crippen LogP contribution in [0.25, 0.3) is 6.08 Å². The lowest BCUT2D eigenvalue weighted by Gasteiger charge is -2.19. The summed E-state index contributed by atoms with van der Waals surface area (Å²) in [4.78, 5) is 0. The molecule has 2 rings (SSSR count). The molecular formula is C28H42N3O11P3S. The van der Waals surface area contributed by atoms with Crippen LogP contribution < -0.4 is 14.8 Å². The van der Waals surface area contributed by atoms with Gasteiger partial charge in [-0.3, -0.25) is 18.1 Å². The van der Waals surface area contributed by atoms with E-state index in [4.69, 9.17) is 41.9 Å². The van der Waals surface area contributed by atoms with Gasteiger partial charge in [-0.05, 0) is 71.9 Å². The molecule has 14 nitrogen and oxygen atoms in total. The number of nitrogens with zero attached hydrogens (tertiary/aromatic N) is 2. The molecule has 0 aliphatic carbocycles. The van der Waals surface area contributed by atoms with E-state index in [1.165, 1.54) is 0 Å². The summed E-state index contributed by atoms with van der Waals surface area (Å²) in [5.41, 5.74) is 7.04. The van der Waals surface area contributed by atoms with Crippen molar-refractivity contribution < 1.29 is 49.9 Å². The molecule has 0 heterocycles. The summed E-state index contributed by atoms with van der Waals surface area (Å²) in [5.74, 6) is 0.312. The normalized spacial score (nSPS) is 13.3. The summed E-state index contributed by atoms with van der Waals surface area (Å²) in [6.45, 7) is 6.95. The monoisotopic (exact) mass is 721 g/mol. The zero-order valence-electron chi connectivity index (χ0n) is 26.7. The molecule has 0 saturated heterocycles. The van der Waals surface area contributed by atoms with Crippen molar-refractivity contribution in [3.63, 3.8) is 0 Å². The molecule has 0 unspecified atom stereocenters. The van der Waals surface area contributed by atoms with Crippen LogP contribution in [0.4, 0.5) is 0 Å². The van der Waals surface area contributed by atoms with Gasteiger partial charge in [-0.15, -0.1) is 10.2 Å². The molecule has 2 aromatic carbocycles. The topological polar surface area (TPSA) is 176 Å². The average Bonchev–Trinajstić information content (AvgIpc) is 2.99. The maximum absolute atomic E-state index is 13.3. The summed E-state index contributed by atoms with van der Waals surface area (Å²) < 4.78 is 82.6. The minimum Gasteiger partial charge on any atom is -0.403 e. The van der Waals surface area contributed by atoms with Gasteiger partial charge in [-0.1, -0.05) is 30.3 Å². The van der Waals surface area contributed by atoms with E-state index in [0.717, 1.165) is 0 Å². The first-order chi connectivity index (χ1) is 22.0. The Morgan fingerprint density at radius 3 is 1.65 bits per heavy atom. The first kappa shape index (κ1) is 39.9. The van der Waals surface area contributed by atoms with E-state index in [1.807, 2.05) is 0 Å². The number of hydrogen-bond donors (Lipinski definition) is 1. The third-order valence-electron chi connectivity index (χ3n) is 5.11. The number of para-hydroxylation sites is 2. The molecule has 0 aliphatic rings. The standard InChI is InChI=1S/C28H42N3O11P3S/c1-7-35-43(32,36-8-2)41-26-19-15-13-17-23(26)21-22-25(30-31-28(29)46-45(34,39-11-5)40-12-6)24-18-14-16-20-27(24)42-44(33,37-9-3)38-10-4/h13-22H,7-12H2,1-6H3,(H2,29,31)/b22-21+,30-25+. The highest BCUT2D eigenvalue weighted by atomic mass is 32.7. The second-order valence-electron chi connectivity index (χ2n) is 8.41. The predicted octanol–water partition coefficient (Wildman–Crippen LogP) is 8.45. The van der Waals surface area contributed by atoms with E-state index < -0.39 is 22.4 Å². The molecule has 46 heavy (non-hydrogen) atoms. The lowest BCUT2D eigenvalue weighted by atomic mass is 10.1. The number of nitrogens with two attached hydrogens (primary N) is 1. The Balaban J connectivity index is 2.66. The smallest absolute Gasteiger partial charge is 0.403 e. The summed E-state index contributed by atoms with van der Waals surface area (Å²) >= 11 is 0.606. The summed E-state index contributed by atoms with van der Waals surface area (Å²) in [6, 6.07) is 13.3. The maximum Gasteiger partial charge on any atom is 0.530 e. The Morgan fingerprint density at radius 2 is 1.13 bits per heavy atom. The highest BCUT2D eigenvalue weighted by Gasteiger charge is 2.30. The fourth-order valence-corrected chi connectivity index (χ4v) is 8.80. The van der Waals surface area contributed by atoms with E-state index in [9.17, 15) is 13.7 Å². The molecule has 256 valence electrons. The Kier molecular flexibility index (Phi) is 17.5. The number of benzene rings is 2. The van der Waals surface area contributed by atoms with Crippen LogP contribution in [0.15, 0.2) is 64.8 Å². The molecule has 2 N–H and O–H groups in total. The lowest BCUT2D eigenvalue weighted by Crippen LogP contribution is -2.09. The molecule has 0 spiro atoms. The minimum atomic E-state index is -4.00. The van der Waals surface area contributed by atoms with Gasteiger partial charge in [0, 0.05) is 22.5 Å². The molecule has 0 radical (unpaired) electrons. The zero-order valence-corrected chi connectivity index (χ0v) is 30.2. The van der Waals surface area contributed by atoms with Gasteiger partial charge in [0.25, 0.3) is 0 Å². The molecular weight excluding hydrogens is 679 g/mol. The summed E-state index contributed by atoms with van der Waals surface area (Å²) in [7, 11) is -7.91. The van der Waals surface area contributed by atoms with Gasteiger partial charge in [0.05, 0.1) is 45.4 Å². The van der Waals surface area contributed by atoms with Crippen molar-refractivity contribution >= 4 is 50.8 Å². The fourth-order valence-electron chi connectivity index (χ4n) is 3.50.